The minimum atomic E-state index is -1.01. The number of likely N-dealkylation sites (N-methyl/N-ethyl adjacent to an activating group) is 1. The highest BCUT2D eigenvalue weighted by Crippen LogP contribution is 2.26. The summed E-state index contributed by atoms with van der Waals surface area (Å²) in [6, 6.07) is -0.797. The van der Waals surface area contributed by atoms with Crippen LogP contribution in [0.3, 0.4) is 0 Å². The fourth-order valence-electron chi connectivity index (χ4n) is 2.71. The van der Waals surface area contributed by atoms with Crippen molar-refractivity contribution in [1.29, 1.82) is 0 Å². The van der Waals surface area contributed by atoms with Gasteiger partial charge in [0.2, 0.25) is 11.8 Å². The highest BCUT2D eigenvalue weighted by atomic mass is 16.5. The molecular formula is C16H28N2O6. The van der Waals surface area contributed by atoms with Crippen molar-refractivity contribution < 1.29 is 29.0 Å². The number of nitrogens with one attached hydrogen (secondary N) is 1. The van der Waals surface area contributed by atoms with Crippen LogP contribution < -0.4 is 5.32 Å². The van der Waals surface area contributed by atoms with Crippen LogP contribution in [-0.2, 0) is 23.9 Å². The van der Waals surface area contributed by atoms with Crippen LogP contribution in [0.4, 0.5) is 0 Å². The van der Waals surface area contributed by atoms with Gasteiger partial charge in [0, 0.05) is 26.1 Å². The zero-order chi connectivity index (χ0) is 18.1. The molecule has 1 aliphatic carbocycles. The van der Waals surface area contributed by atoms with Crippen molar-refractivity contribution >= 4 is 17.8 Å². The number of methoxy groups -OCH3 is 1. The maximum absolute atomic E-state index is 12.3. The van der Waals surface area contributed by atoms with Gasteiger partial charge in [-0.3, -0.25) is 9.59 Å². The first kappa shape index (κ1) is 20.4. The minimum Gasteiger partial charge on any atom is -0.480 e. The zero-order valence-electron chi connectivity index (χ0n) is 14.6. The molecule has 0 aromatic rings. The summed E-state index contributed by atoms with van der Waals surface area (Å²) in [5.41, 5.74) is 0. The van der Waals surface area contributed by atoms with E-state index in [9.17, 15) is 14.4 Å². The van der Waals surface area contributed by atoms with E-state index in [1.54, 1.807) is 7.11 Å². The summed E-state index contributed by atoms with van der Waals surface area (Å²) < 4.78 is 9.99. The Bertz CT molecular complexity index is 434. The maximum Gasteiger partial charge on any atom is 0.326 e. The lowest BCUT2D eigenvalue weighted by molar-refractivity contribution is -0.150. The first-order valence-electron chi connectivity index (χ1n) is 8.22. The molecular weight excluding hydrogens is 316 g/mol. The van der Waals surface area contributed by atoms with E-state index >= 15 is 0 Å². The number of carbonyl (C=O) groups is 3. The second-order valence-corrected chi connectivity index (χ2v) is 6.12. The van der Waals surface area contributed by atoms with Crippen LogP contribution in [0, 0.1) is 5.92 Å². The van der Waals surface area contributed by atoms with Crippen LogP contribution in [0.25, 0.3) is 0 Å². The smallest absolute Gasteiger partial charge is 0.326 e. The van der Waals surface area contributed by atoms with Crippen LogP contribution in [0.15, 0.2) is 0 Å². The topological polar surface area (TPSA) is 105 Å². The molecule has 0 radical (unpaired) electrons. The molecule has 8 nitrogen and oxygen atoms in total. The van der Waals surface area contributed by atoms with Crippen molar-refractivity contribution in [3.63, 3.8) is 0 Å². The van der Waals surface area contributed by atoms with Crippen LogP contribution in [0.2, 0.25) is 0 Å². The quantitative estimate of drug-likeness (QED) is 0.581. The van der Waals surface area contributed by atoms with Crippen molar-refractivity contribution in [2.24, 2.45) is 5.92 Å². The monoisotopic (exact) mass is 344 g/mol. The number of hydrogen-bond donors (Lipinski definition) is 2. The molecule has 1 atom stereocenters. The van der Waals surface area contributed by atoms with Crippen molar-refractivity contribution in [3.05, 3.63) is 0 Å². The fourth-order valence-corrected chi connectivity index (χ4v) is 2.71. The molecule has 0 bridgehead atoms. The number of carboxylic acid groups (broad SMARTS) is 1. The zero-order valence-corrected chi connectivity index (χ0v) is 14.6. The van der Waals surface area contributed by atoms with Crippen LogP contribution in [-0.4, -0.2) is 73.9 Å². The van der Waals surface area contributed by atoms with E-state index in [1.807, 2.05) is 0 Å². The van der Waals surface area contributed by atoms with E-state index in [2.05, 4.69) is 5.32 Å². The Hall–Kier alpha value is -1.67. The summed E-state index contributed by atoms with van der Waals surface area (Å²) in [6.07, 6.45) is 2.70. The molecule has 0 spiro atoms. The molecule has 2 amide bonds. The Morgan fingerprint density at radius 3 is 2.38 bits per heavy atom. The molecule has 1 fully saturated rings. The molecule has 1 saturated carbocycles. The second-order valence-electron chi connectivity index (χ2n) is 6.12. The van der Waals surface area contributed by atoms with Gasteiger partial charge in [-0.2, -0.15) is 0 Å². The number of rotatable bonds is 9. The fraction of sp³-hybridized carbons (Fsp3) is 0.812. The number of hydrogen-bond acceptors (Lipinski definition) is 5. The highest BCUT2D eigenvalue weighted by molar-refractivity contribution is 5.84. The van der Waals surface area contributed by atoms with Gasteiger partial charge in [-0.15, -0.1) is 0 Å². The Morgan fingerprint density at radius 2 is 1.83 bits per heavy atom. The van der Waals surface area contributed by atoms with Gasteiger partial charge in [0.15, 0.2) is 0 Å². The van der Waals surface area contributed by atoms with Gasteiger partial charge in [-0.1, -0.05) is 0 Å². The van der Waals surface area contributed by atoms with Crippen molar-refractivity contribution in [2.75, 3.05) is 34.0 Å². The largest absolute Gasteiger partial charge is 0.480 e. The average Bonchev–Trinajstić information content (AvgIpc) is 2.57. The normalized spacial score (nSPS) is 21.8. The molecule has 24 heavy (non-hydrogen) atoms. The van der Waals surface area contributed by atoms with Gasteiger partial charge in [0.05, 0.1) is 13.2 Å². The molecule has 138 valence electrons. The number of ether oxygens (including phenoxy) is 2. The van der Waals surface area contributed by atoms with Gasteiger partial charge >= 0.3 is 5.97 Å². The van der Waals surface area contributed by atoms with Crippen LogP contribution in [0.5, 0.6) is 0 Å². The van der Waals surface area contributed by atoms with Gasteiger partial charge in [-0.25, -0.2) is 4.79 Å². The molecule has 0 saturated heterocycles. The highest BCUT2D eigenvalue weighted by Gasteiger charge is 2.31. The third-order valence-electron chi connectivity index (χ3n) is 4.39. The molecule has 2 N–H and O–H groups in total. The number of carbonyl (C=O) groups excluding carboxylic acids is 2. The lowest BCUT2D eigenvalue weighted by Gasteiger charge is -2.32. The SMILES string of the molecule is COCCOCC(=O)NC1CCC(C(=O)N(C)C(C)C(=O)O)CC1. The predicted octanol–water partition coefficient (Wildman–Crippen LogP) is 0.256. The van der Waals surface area contributed by atoms with E-state index in [0.29, 0.717) is 38.9 Å². The first-order valence-corrected chi connectivity index (χ1v) is 8.22. The predicted molar refractivity (Wildman–Crippen MR) is 86.5 cm³/mol. The Labute approximate surface area is 142 Å². The molecule has 0 aliphatic heterocycles. The van der Waals surface area contributed by atoms with Gasteiger partial charge in [-0.05, 0) is 32.6 Å². The number of carboxylic acids is 1. The summed E-state index contributed by atoms with van der Waals surface area (Å²) in [4.78, 5) is 36.3. The van der Waals surface area contributed by atoms with Gasteiger partial charge < -0.3 is 24.8 Å². The van der Waals surface area contributed by atoms with E-state index in [1.165, 1.54) is 18.9 Å². The molecule has 0 aromatic carbocycles. The number of nitrogens with zero attached hydrogens (tertiary/aromatic N) is 1. The van der Waals surface area contributed by atoms with Crippen LogP contribution in [0.1, 0.15) is 32.6 Å². The van der Waals surface area contributed by atoms with E-state index in [-0.39, 0.29) is 30.4 Å². The van der Waals surface area contributed by atoms with E-state index in [0.717, 1.165) is 0 Å². The summed E-state index contributed by atoms with van der Waals surface area (Å²) in [5, 5.41) is 11.9. The molecule has 1 aliphatic rings. The maximum atomic E-state index is 12.3. The Balaban J connectivity index is 2.32. The Morgan fingerprint density at radius 1 is 1.21 bits per heavy atom. The lowest BCUT2D eigenvalue weighted by Crippen LogP contribution is -2.46. The molecule has 0 heterocycles. The van der Waals surface area contributed by atoms with Gasteiger partial charge in [0.25, 0.3) is 0 Å². The van der Waals surface area contributed by atoms with E-state index in [4.69, 9.17) is 14.6 Å². The summed E-state index contributed by atoms with van der Waals surface area (Å²) in [7, 11) is 3.09. The average molecular weight is 344 g/mol. The summed E-state index contributed by atoms with van der Waals surface area (Å²) in [6.45, 7) is 2.32. The minimum absolute atomic E-state index is 0.00107. The van der Waals surface area contributed by atoms with Crippen molar-refractivity contribution in [3.8, 4) is 0 Å². The van der Waals surface area contributed by atoms with Crippen molar-refractivity contribution in [2.45, 2.75) is 44.7 Å². The number of aliphatic carboxylic acids is 1. The van der Waals surface area contributed by atoms with Crippen molar-refractivity contribution in [1.82, 2.24) is 10.2 Å². The third-order valence-corrected chi connectivity index (χ3v) is 4.39. The molecule has 1 rings (SSSR count). The molecule has 8 heteroatoms. The summed E-state index contributed by atoms with van der Waals surface area (Å²) >= 11 is 0. The second kappa shape index (κ2) is 10.2. The lowest BCUT2D eigenvalue weighted by atomic mass is 9.85. The number of amides is 2. The molecule has 1 unspecified atom stereocenters. The van der Waals surface area contributed by atoms with Crippen LogP contribution >= 0.6 is 0 Å². The first-order chi connectivity index (χ1) is 11.4. The van der Waals surface area contributed by atoms with Gasteiger partial charge in [0.1, 0.15) is 12.6 Å². The summed E-state index contributed by atoms with van der Waals surface area (Å²) in [5.74, 6) is -1.50. The Kier molecular flexibility index (Phi) is 8.70. The third kappa shape index (κ3) is 6.45. The van der Waals surface area contributed by atoms with E-state index < -0.39 is 12.0 Å². The standard InChI is InChI=1S/C16H28N2O6/c1-11(16(21)22)18(2)15(20)12-4-6-13(7-5-12)17-14(19)10-24-9-8-23-3/h11-13H,4-10H2,1-3H3,(H,17,19)(H,21,22). The molecule has 0 aromatic heterocycles.